The molecule has 0 saturated carbocycles. The topological polar surface area (TPSA) is 72.2 Å². The van der Waals surface area contributed by atoms with Gasteiger partial charge in [0, 0.05) is 0 Å². The number of carbonyl (C=O) groups is 2. The van der Waals surface area contributed by atoms with Crippen LogP contribution in [0.2, 0.25) is 0 Å². The fourth-order valence-corrected chi connectivity index (χ4v) is 1.73. The maximum absolute atomic E-state index is 12.8. The molecule has 114 valence electrons. The summed E-state index contributed by atoms with van der Waals surface area (Å²) in [5, 5.41) is 2.22. The van der Waals surface area contributed by atoms with Gasteiger partial charge in [-0.1, -0.05) is 18.2 Å². The second kappa shape index (κ2) is 6.92. The van der Waals surface area contributed by atoms with Gasteiger partial charge in [-0.2, -0.15) is 13.2 Å². The molecule has 0 aromatic heterocycles. The normalized spacial score (nSPS) is 12.5. The zero-order chi connectivity index (χ0) is 16.0. The van der Waals surface area contributed by atoms with Gasteiger partial charge in [0.1, 0.15) is 6.04 Å². The summed E-state index contributed by atoms with van der Waals surface area (Å²) in [6, 6.07) is 3.30. The van der Waals surface area contributed by atoms with Crippen molar-refractivity contribution >= 4 is 11.8 Å². The monoisotopic (exact) mass is 300 g/mol. The highest BCUT2D eigenvalue weighted by Gasteiger charge is 2.35. The van der Waals surface area contributed by atoms with E-state index in [0.717, 1.165) is 12.1 Å². The molecule has 0 saturated heterocycles. The number of benzene rings is 1. The van der Waals surface area contributed by atoms with Crippen molar-refractivity contribution in [3.63, 3.8) is 0 Å². The first kappa shape index (κ1) is 16.7. The second-order valence-corrected chi connectivity index (χ2v) is 4.34. The number of halogens is 3. The molecule has 1 atom stereocenters. The molecule has 0 fully saturated rings. The van der Waals surface area contributed by atoms with Crippen LogP contribution in [0.4, 0.5) is 13.2 Å². The third-order valence-corrected chi connectivity index (χ3v) is 2.79. The minimum atomic E-state index is -4.66. The van der Waals surface area contributed by atoms with E-state index in [1.165, 1.54) is 18.2 Å². The largest absolute Gasteiger partial charge is 0.417 e. The van der Waals surface area contributed by atoms with E-state index in [1.54, 1.807) is 0 Å². The summed E-state index contributed by atoms with van der Waals surface area (Å²) in [7, 11) is 0. The van der Waals surface area contributed by atoms with E-state index in [0.29, 0.717) is 6.42 Å². The van der Waals surface area contributed by atoms with Gasteiger partial charge in [-0.05, 0) is 25.0 Å². The van der Waals surface area contributed by atoms with Gasteiger partial charge in [-0.3, -0.25) is 9.59 Å². The average Bonchev–Trinajstić information content (AvgIpc) is 2.42. The van der Waals surface area contributed by atoms with Crippen LogP contribution < -0.4 is 11.1 Å². The number of primary amides is 1. The maximum Gasteiger partial charge on any atom is 0.417 e. The molecule has 0 aliphatic carbocycles. The number of amides is 2. The summed E-state index contributed by atoms with van der Waals surface area (Å²) in [6.07, 6.45) is -2.56. The molecule has 4 nitrogen and oxygen atoms in total. The van der Waals surface area contributed by atoms with Gasteiger partial charge >= 0.3 is 6.18 Å². The first-order valence-electron chi connectivity index (χ1n) is 6.14. The predicted octanol–water partition coefficient (Wildman–Crippen LogP) is 2.26. The van der Waals surface area contributed by atoms with Crippen molar-refractivity contribution in [3.8, 4) is 0 Å². The number of nitrogens with two attached hydrogens (primary N) is 1. The quantitative estimate of drug-likeness (QED) is 0.791. The zero-order valence-corrected chi connectivity index (χ0v) is 11.1. The Hall–Kier alpha value is -2.31. The molecule has 0 radical (unpaired) electrons. The Balaban J connectivity index is 2.98. The number of carbonyl (C=O) groups excluding carboxylic acids is 2. The Labute approximate surface area is 119 Å². The fraction of sp³-hybridized carbons (Fsp3) is 0.286. The molecule has 3 N–H and O–H groups in total. The van der Waals surface area contributed by atoms with Crippen molar-refractivity contribution in [1.82, 2.24) is 5.32 Å². The van der Waals surface area contributed by atoms with E-state index in [-0.39, 0.29) is 6.42 Å². The van der Waals surface area contributed by atoms with Gasteiger partial charge in [-0.25, -0.2) is 0 Å². The summed E-state index contributed by atoms with van der Waals surface area (Å²) in [4.78, 5) is 23.2. The summed E-state index contributed by atoms with van der Waals surface area (Å²) in [5.74, 6) is -1.80. The van der Waals surface area contributed by atoms with E-state index in [2.05, 4.69) is 11.9 Å². The highest BCUT2D eigenvalue weighted by molar-refractivity contribution is 5.98. The van der Waals surface area contributed by atoms with E-state index in [1.807, 2.05) is 0 Å². The summed E-state index contributed by atoms with van der Waals surface area (Å²) >= 11 is 0. The van der Waals surface area contributed by atoms with Gasteiger partial charge in [0.2, 0.25) is 5.91 Å². The van der Waals surface area contributed by atoms with Crippen molar-refractivity contribution in [2.24, 2.45) is 5.73 Å². The number of nitrogens with one attached hydrogen (secondary N) is 1. The van der Waals surface area contributed by atoms with Crippen molar-refractivity contribution in [3.05, 3.63) is 48.0 Å². The van der Waals surface area contributed by atoms with Crippen LogP contribution in [-0.2, 0) is 11.0 Å². The van der Waals surface area contributed by atoms with E-state index in [4.69, 9.17) is 5.73 Å². The van der Waals surface area contributed by atoms with Gasteiger partial charge in [0.05, 0.1) is 11.1 Å². The molecule has 21 heavy (non-hydrogen) atoms. The van der Waals surface area contributed by atoms with Crippen LogP contribution >= 0.6 is 0 Å². The van der Waals surface area contributed by atoms with Gasteiger partial charge in [0.15, 0.2) is 0 Å². The highest BCUT2D eigenvalue weighted by atomic mass is 19.4. The Morgan fingerprint density at radius 2 is 1.95 bits per heavy atom. The minimum Gasteiger partial charge on any atom is -0.368 e. The molecule has 1 aromatic carbocycles. The molecular formula is C14H15F3N2O2. The molecule has 0 unspecified atom stereocenters. The lowest BCUT2D eigenvalue weighted by Gasteiger charge is -2.17. The van der Waals surface area contributed by atoms with Crippen LogP contribution in [0, 0.1) is 0 Å². The van der Waals surface area contributed by atoms with Crippen LogP contribution in [0.25, 0.3) is 0 Å². The molecule has 0 aliphatic rings. The Kier molecular flexibility index (Phi) is 5.52. The van der Waals surface area contributed by atoms with Gasteiger partial charge in [0.25, 0.3) is 5.91 Å². The summed E-state index contributed by atoms with van der Waals surface area (Å²) in [5.41, 5.74) is 3.51. The van der Waals surface area contributed by atoms with Crippen molar-refractivity contribution in [2.75, 3.05) is 0 Å². The molecule has 0 aliphatic heterocycles. The first-order chi connectivity index (χ1) is 9.77. The van der Waals surface area contributed by atoms with Crippen LogP contribution in [0.3, 0.4) is 0 Å². The van der Waals surface area contributed by atoms with E-state index < -0.39 is 35.2 Å². The number of alkyl halides is 3. The van der Waals surface area contributed by atoms with Crippen LogP contribution in [0.15, 0.2) is 36.9 Å². The third kappa shape index (κ3) is 4.62. The lowest BCUT2D eigenvalue weighted by atomic mass is 10.0. The molecule has 0 bridgehead atoms. The smallest absolute Gasteiger partial charge is 0.368 e. The Bertz CT molecular complexity index is 541. The standard InChI is InChI=1S/C14H15F3N2O2/c1-2-3-8-11(12(18)20)19-13(21)9-6-4-5-7-10(9)14(15,16)17/h2,4-7,11H,1,3,8H2,(H2,18,20)(H,19,21)/t11-/m0/s1. The molecule has 0 heterocycles. The molecular weight excluding hydrogens is 285 g/mol. The third-order valence-electron chi connectivity index (χ3n) is 2.79. The molecule has 1 rings (SSSR count). The van der Waals surface area contributed by atoms with Crippen LogP contribution in [-0.4, -0.2) is 17.9 Å². The van der Waals surface area contributed by atoms with E-state index >= 15 is 0 Å². The summed E-state index contributed by atoms with van der Waals surface area (Å²) < 4.78 is 38.5. The Morgan fingerprint density at radius 3 is 2.48 bits per heavy atom. The average molecular weight is 300 g/mol. The summed E-state index contributed by atoms with van der Waals surface area (Å²) in [6.45, 7) is 3.46. The highest BCUT2D eigenvalue weighted by Crippen LogP contribution is 2.31. The SMILES string of the molecule is C=CCC[C@H](NC(=O)c1ccccc1C(F)(F)F)C(N)=O. The van der Waals surface area contributed by atoms with Gasteiger partial charge < -0.3 is 11.1 Å². The van der Waals surface area contributed by atoms with Crippen molar-refractivity contribution in [2.45, 2.75) is 25.1 Å². The first-order valence-corrected chi connectivity index (χ1v) is 6.14. The van der Waals surface area contributed by atoms with E-state index in [9.17, 15) is 22.8 Å². The lowest BCUT2D eigenvalue weighted by molar-refractivity contribution is -0.137. The van der Waals surface area contributed by atoms with Crippen LogP contribution in [0.5, 0.6) is 0 Å². The second-order valence-electron chi connectivity index (χ2n) is 4.34. The lowest BCUT2D eigenvalue weighted by Crippen LogP contribution is -2.44. The number of allylic oxidation sites excluding steroid dienone is 1. The van der Waals surface area contributed by atoms with Crippen LogP contribution in [0.1, 0.15) is 28.8 Å². The molecule has 7 heteroatoms. The predicted molar refractivity (Wildman–Crippen MR) is 71.3 cm³/mol. The number of hydrogen-bond acceptors (Lipinski definition) is 2. The fourth-order valence-electron chi connectivity index (χ4n) is 1.73. The molecule has 1 aromatic rings. The minimum absolute atomic E-state index is 0.179. The van der Waals surface area contributed by atoms with Crippen molar-refractivity contribution < 1.29 is 22.8 Å². The zero-order valence-electron chi connectivity index (χ0n) is 11.1. The maximum atomic E-state index is 12.8. The van der Waals surface area contributed by atoms with Crippen molar-refractivity contribution in [1.29, 1.82) is 0 Å². The number of rotatable bonds is 6. The number of hydrogen-bond donors (Lipinski definition) is 2. The molecule has 0 spiro atoms. The Morgan fingerprint density at radius 1 is 1.33 bits per heavy atom. The molecule has 2 amide bonds. The van der Waals surface area contributed by atoms with Gasteiger partial charge in [-0.15, -0.1) is 6.58 Å².